The molecule has 1 heterocycles. The van der Waals surface area contributed by atoms with Crippen molar-refractivity contribution < 1.29 is 9.90 Å². The Kier molecular flexibility index (Phi) is 6.14. The zero-order valence-corrected chi connectivity index (χ0v) is 16.2. The molecular weight excluding hydrogens is 328 g/mol. The van der Waals surface area contributed by atoms with E-state index >= 15 is 0 Å². The van der Waals surface area contributed by atoms with Gasteiger partial charge in [0.15, 0.2) is 0 Å². The Morgan fingerprint density at radius 3 is 2.62 bits per heavy atom. The third-order valence-corrected chi connectivity index (χ3v) is 5.70. The van der Waals surface area contributed by atoms with Crippen molar-refractivity contribution >= 4 is 11.8 Å². The molecule has 0 bridgehead atoms. The van der Waals surface area contributed by atoms with Gasteiger partial charge in [-0.05, 0) is 57.1 Å². The van der Waals surface area contributed by atoms with Crippen molar-refractivity contribution in [2.24, 2.45) is 5.92 Å². The van der Waals surface area contributed by atoms with Crippen molar-refractivity contribution in [2.75, 3.05) is 25.0 Å². The maximum absolute atomic E-state index is 11.1. The molecule has 6 heteroatoms. The van der Waals surface area contributed by atoms with Gasteiger partial charge in [-0.25, -0.2) is 4.98 Å². The molecule has 0 aliphatic heterocycles. The minimum absolute atomic E-state index is 0.183. The highest BCUT2D eigenvalue weighted by atomic mass is 16.4. The number of carbonyl (C=O) groups is 1. The normalized spacial score (nSPS) is 22.5. The summed E-state index contributed by atoms with van der Waals surface area (Å²) in [7, 11) is 2.06. The van der Waals surface area contributed by atoms with Crippen LogP contribution in [0, 0.1) is 5.92 Å². The molecule has 6 nitrogen and oxygen atoms in total. The summed E-state index contributed by atoms with van der Waals surface area (Å²) in [5.41, 5.74) is 1.19. The number of anilines is 1. The summed E-state index contributed by atoms with van der Waals surface area (Å²) in [4.78, 5) is 20.0. The average molecular weight is 361 g/mol. The molecule has 2 N–H and O–H groups in total. The van der Waals surface area contributed by atoms with Crippen molar-refractivity contribution in [3.63, 3.8) is 0 Å². The van der Waals surface area contributed by atoms with Gasteiger partial charge < -0.3 is 15.3 Å². The van der Waals surface area contributed by atoms with Crippen LogP contribution in [0.1, 0.15) is 45.1 Å². The minimum Gasteiger partial charge on any atom is -0.480 e. The summed E-state index contributed by atoms with van der Waals surface area (Å²) < 4.78 is 0. The number of pyridine rings is 1. The number of nitrogens with zero attached hydrogens (tertiary/aromatic N) is 3. The predicted molar refractivity (Wildman–Crippen MR) is 103 cm³/mol. The first-order chi connectivity index (χ1) is 12.4. The van der Waals surface area contributed by atoms with Gasteiger partial charge in [-0.3, -0.25) is 9.69 Å². The van der Waals surface area contributed by atoms with E-state index in [0.29, 0.717) is 18.1 Å². The van der Waals surface area contributed by atoms with Crippen LogP contribution in [0.3, 0.4) is 0 Å². The quantitative estimate of drug-likeness (QED) is 0.667. The van der Waals surface area contributed by atoms with Crippen LogP contribution >= 0.6 is 0 Å². The van der Waals surface area contributed by atoms with Gasteiger partial charge in [0.05, 0.1) is 6.54 Å². The second-order valence-electron chi connectivity index (χ2n) is 8.20. The Labute approximate surface area is 156 Å². The van der Waals surface area contributed by atoms with Gasteiger partial charge in [0.25, 0.3) is 0 Å². The maximum Gasteiger partial charge on any atom is 0.317 e. The van der Waals surface area contributed by atoms with Gasteiger partial charge >= 0.3 is 5.97 Å². The van der Waals surface area contributed by atoms with Gasteiger partial charge in [-0.2, -0.15) is 0 Å². The summed E-state index contributed by atoms with van der Waals surface area (Å²) >= 11 is 0. The van der Waals surface area contributed by atoms with Crippen molar-refractivity contribution in [3.05, 3.63) is 23.9 Å². The van der Waals surface area contributed by atoms with Gasteiger partial charge in [0.1, 0.15) is 5.82 Å². The highest BCUT2D eigenvalue weighted by Gasteiger charge is 2.36. The standard InChI is InChI=1S/C20H32N4O2/c1-14(2)23(3)19-7-6-16(11-22-19)10-21-17-8-18(9-17)24(13-20(25)26)12-15-4-5-15/h6-7,11,14-15,17-18,21H,4-5,8-10,12-13H2,1-3H3,(H,25,26). The number of nitrogens with one attached hydrogen (secondary N) is 1. The van der Waals surface area contributed by atoms with E-state index in [2.05, 4.69) is 53.1 Å². The molecule has 2 aliphatic rings. The number of aromatic nitrogens is 1. The van der Waals surface area contributed by atoms with Crippen LogP contribution in [0.25, 0.3) is 0 Å². The number of carboxylic acids is 1. The molecular formula is C20H32N4O2. The Balaban J connectivity index is 1.41. The zero-order valence-electron chi connectivity index (χ0n) is 16.2. The summed E-state index contributed by atoms with van der Waals surface area (Å²) in [5, 5.41) is 12.7. The van der Waals surface area contributed by atoms with E-state index in [4.69, 9.17) is 5.11 Å². The molecule has 3 rings (SSSR count). The molecule has 26 heavy (non-hydrogen) atoms. The van der Waals surface area contributed by atoms with E-state index in [9.17, 15) is 4.79 Å². The average Bonchev–Trinajstić information content (AvgIpc) is 3.36. The molecule has 2 saturated carbocycles. The molecule has 2 fully saturated rings. The third-order valence-electron chi connectivity index (χ3n) is 5.70. The first-order valence-corrected chi connectivity index (χ1v) is 9.79. The number of carboxylic acid groups (broad SMARTS) is 1. The van der Waals surface area contributed by atoms with E-state index in [1.165, 1.54) is 18.4 Å². The van der Waals surface area contributed by atoms with Crippen LogP contribution in [0.5, 0.6) is 0 Å². The number of hydrogen-bond acceptors (Lipinski definition) is 5. The molecule has 0 spiro atoms. The summed E-state index contributed by atoms with van der Waals surface area (Å²) in [6.45, 7) is 6.26. The largest absolute Gasteiger partial charge is 0.480 e. The molecule has 1 aromatic rings. The van der Waals surface area contributed by atoms with E-state index in [1.54, 1.807) is 0 Å². The van der Waals surface area contributed by atoms with Crippen LogP contribution in [-0.2, 0) is 11.3 Å². The second kappa shape index (κ2) is 8.35. The topological polar surface area (TPSA) is 68.7 Å². The Morgan fingerprint density at radius 2 is 2.08 bits per heavy atom. The van der Waals surface area contributed by atoms with Crippen LogP contribution in [0.2, 0.25) is 0 Å². The van der Waals surface area contributed by atoms with Crippen LogP contribution in [-0.4, -0.2) is 59.2 Å². The van der Waals surface area contributed by atoms with Crippen molar-refractivity contribution in [1.29, 1.82) is 0 Å². The molecule has 2 aliphatic carbocycles. The van der Waals surface area contributed by atoms with Gasteiger partial charge in [0, 0.05) is 44.5 Å². The highest BCUT2D eigenvalue weighted by Crippen LogP contribution is 2.33. The molecule has 0 radical (unpaired) electrons. The monoisotopic (exact) mass is 360 g/mol. The van der Waals surface area contributed by atoms with E-state index < -0.39 is 5.97 Å². The van der Waals surface area contributed by atoms with Crippen molar-refractivity contribution in [3.8, 4) is 0 Å². The highest BCUT2D eigenvalue weighted by molar-refractivity contribution is 5.69. The fourth-order valence-corrected chi connectivity index (χ4v) is 3.46. The first kappa shape index (κ1) is 19.1. The predicted octanol–water partition coefficient (Wildman–Crippen LogP) is 2.34. The maximum atomic E-state index is 11.1. The smallest absolute Gasteiger partial charge is 0.317 e. The van der Waals surface area contributed by atoms with Crippen molar-refractivity contribution in [1.82, 2.24) is 15.2 Å². The van der Waals surface area contributed by atoms with Crippen LogP contribution in [0.15, 0.2) is 18.3 Å². The third kappa shape index (κ3) is 5.17. The van der Waals surface area contributed by atoms with Crippen LogP contribution in [0.4, 0.5) is 5.82 Å². The van der Waals surface area contributed by atoms with E-state index in [1.807, 2.05) is 6.20 Å². The summed E-state index contributed by atoms with van der Waals surface area (Å²) in [6, 6.07) is 5.54. The summed E-state index contributed by atoms with van der Waals surface area (Å²) in [6.07, 6.45) is 6.56. The van der Waals surface area contributed by atoms with E-state index in [-0.39, 0.29) is 6.54 Å². The lowest BCUT2D eigenvalue weighted by molar-refractivity contribution is -0.139. The fraction of sp³-hybridized carbons (Fsp3) is 0.700. The number of aliphatic carboxylic acids is 1. The Hall–Kier alpha value is -1.66. The second-order valence-corrected chi connectivity index (χ2v) is 8.20. The van der Waals surface area contributed by atoms with E-state index in [0.717, 1.165) is 37.7 Å². The summed E-state index contributed by atoms with van der Waals surface area (Å²) in [5.74, 6) is 1.02. The molecule has 1 aromatic heterocycles. The van der Waals surface area contributed by atoms with Gasteiger partial charge in [-0.15, -0.1) is 0 Å². The van der Waals surface area contributed by atoms with Crippen molar-refractivity contribution in [2.45, 2.75) is 64.2 Å². The lowest BCUT2D eigenvalue weighted by atomic mass is 9.85. The fourth-order valence-electron chi connectivity index (χ4n) is 3.46. The van der Waals surface area contributed by atoms with Gasteiger partial charge in [0.2, 0.25) is 0 Å². The first-order valence-electron chi connectivity index (χ1n) is 9.79. The van der Waals surface area contributed by atoms with Crippen LogP contribution < -0.4 is 10.2 Å². The molecule has 144 valence electrons. The lowest BCUT2D eigenvalue weighted by Gasteiger charge is -2.43. The SMILES string of the molecule is CC(C)N(C)c1ccc(CNC2CC(N(CC(=O)O)CC3CC3)C2)cn1. The lowest BCUT2D eigenvalue weighted by Crippen LogP contribution is -2.54. The Bertz CT molecular complexity index is 594. The molecule has 0 unspecified atom stereocenters. The Morgan fingerprint density at radius 1 is 1.35 bits per heavy atom. The zero-order chi connectivity index (χ0) is 18.7. The minimum atomic E-state index is -0.709. The molecule has 0 saturated heterocycles. The molecule has 0 amide bonds. The number of hydrogen-bond donors (Lipinski definition) is 2. The van der Waals surface area contributed by atoms with Gasteiger partial charge in [-0.1, -0.05) is 6.07 Å². The molecule has 0 atom stereocenters. The number of rotatable bonds is 10. The molecule has 0 aromatic carbocycles.